The molecule has 10 aromatic rings. The van der Waals surface area contributed by atoms with E-state index in [0.717, 1.165) is 21.8 Å². The first-order valence-corrected chi connectivity index (χ1v) is 42.5. The van der Waals surface area contributed by atoms with E-state index in [1.54, 1.807) is 97.5 Å². The Balaban J connectivity index is 0.000000210. The molecule has 2 unspecified atom stereocenters. The molecule has 16 atom stereocenters. The first-order valence-electron chi connectivity index (χ1n) is 37.4. The highest BCUT2D eigenvalue weighted by Gasteiger charge is 2.53. The zero-order valence-corrected chi connectivity index (χ0v) is 68.1. The van der Waals surface area contributed by atoms with Crippen LogP contribution in [-0.4, -0.2) is 224 Å². The quantitative estimate of drug-likeness (QED) is 0.0113. The summed E-state index contributed by atoms with van der Waals surface area (Å²) in [6.07, 6.45) is -14.8. The Labute approximate surface area is 696 Å². The second-order valence-corrected chi connectivity index (χ2v) is 33.7. The number of carbonyl (C=O) groups is 6. The molecule has 45 nitrogen and oxygen atoms in total. The van der Waals surface area contributed by atoms with Gasteiger partial charge in [-0.3, -0.25) is 67.6 Å². The number of imidazole rings is 4. The second kappa shape index (κ2) is 38.6. The molecule has 0 radical (unpaired) electrons. The van der Waals surface area contributed by atoms with Crippen molar-refractivity contribution in [1.82, 2.24) is 78.1 Å². The van der Waals surface area contributed by atoms with Gasteiger partial charge < -0.3 is 81.5 Å². The Morgan fingerprint density at radius 3 is 1.33 bits per heavy atom. The third-order valence-corrected chi connectivity index (χ3v) is 23.8. The molecule has 4 aliphatic heterocycles. The number of nitrogens with one attached hydrogen (secondary N) is 6. The minimum Gasteiger partial charge on any atom is -0.450 e. The summed E-state index contributed by atoms with van der Waals surface area (Å²) in [7, 11) is 0. The molecule has 122 heavy (non-hydrogen) atoms. The molecule has 2 aromatic carbocycles. The van der Waals surface area contributed by atoms with Crippen molar-refractivity contribution >= 4 is 141 Å². The summed E-state index contributed by atoms with van der Waals surface area (Å²) < 4.78 is 108. The third-order valence-electron chi connectivity index (χ3n) is 19.0. The van der Waals surface area contributed by atoms with Crippen molar-refractivity contribution in [2.24, 2.45) is 11.8 Å². The molecule has 8 aromatic heterocycles. The van der Waals surface area contributed by atoms with Gasteiger partial charge in [0.2, 0.25) is 23.7 Å². The molecule has 0 saturated carbocycles. The zero-order valence-electron chi connectivity index (χ0n) is 64.7. The molecule has 51 heteroatoms. The minimum absolute atomic E-state index is 0.0253. The summed E-state index contributed by atoms with van der Waals surface area (Å²) in [5, 5.41) is 58.2. The summed E-state index contributed by atoms with van der Waals surface area (Å²) in [4.78, 5) is 147. The number of hydrogen-bond donors (Lipinski definition) is 9. The standard InChI is InChI=1S/C36H39FN11O11PS.C35H37FN11O12PS/c1-4-20-21(13-23(56-20)47-16-41-25-28(39-15-40-29(25)47)43-32(50)19-9-6-5-7-10-19)59-60(61,54-12-8-11-38)55-14-22-24(37)27(58-36(52)53)34(57-22)48-17-42-26-30(48)44-35(46-33(26)51)45-31(49)18(2)3;1-17(2)30(49)44-34-43-29-25(32(51)45-34)41-16-47(29)33-26(58-35(52)53)23(36)21(57-33)13-55-60(61,54-10-6-9-37)59-19-11-22(56-20(19)12-48)46-15-40-24-27(38-14-39-28(24)46)42-31(50)18-7-4-3-5-8-18/h5-7,9-10,15-18,20-24,27,34H,4,8,12-14H2,1-3H3,(H,52,53)(H,39,40,43,50)(H2,44,45,46,49,51);3-5,7-8,14-17,19-23,26,33,48H,6,10-13H2,1-2H3,(H,52,53)(H,38,39,42,50)(H2,43,44,45,49,51)/t20-,21+,22-,23-,24-,27-,34-,60?;19-,20+,21+,22+,23+,26+,33+,60?/m10/s1. The molecule has 14 rings (SSSR count). The average Bonchev–Trinajstić information content (AvgIpc) is 1.64. The summed E-state index contributed by atoms with van der Waals surface area (Å²) in [6, 6.07) is 21.0. The molecule has 4 saturated heterocycles. The molecule has 9 N–H and O–H groups in total. The van der Waals surface area contributed by atoms with E-state index >= 15 is 8.78 Å². The number of anilines is 4. The number of benzene rings is 2. The number of fused-ring (bicyclic) bond motifs is 4. The predicted octanol–water partition coefficient (Wildman–Crippen LogP) is 7.30. The Bertz CT molecular complexity index is 5490. The van der Waals surface area contributed by atoms with Crippen LogP contribution in [-0.2, 0) is 88.8 Å². The van der Waals surface area contributed by atoms with Gasteiger partial charge in [0.05, 0.1) is 102 Å². The van der Waals surface area contributed by atoms with Crippen molar-refractivity contribution in [2.45, 2.75) is 153 Å². The lowest BCUT2D eigenvalue weighted by Gasteiger charge is -2.27. The SMILES string of the molecule is CC(C)C(=O)Nc1nc2c(ncn2[C@@H]2O[C@H](COP(=S)(OCCC#N)O[C@H]3C[C@H](n4cnc5c(NC(=O)c6ccccc6)ncnc54)O[C@@H]3CO)[C@@H](F)[C@H]2OC(=O)O)c(=O)[nH]1.CC[C@H]1O[C@@H](n2cnc3c(NC(=O)c4ccccc4)ncnc32)C[C@@H]1OP(=S)(OCCC#N)OC[C@H]1O[C@@H](n2cnc3c(=O)[nH]c(NC(=O)C(C)C)nc32)[C@H](OC(=O)O)[C@@H]1F. The molecule has 644 valence electrons. The highest BCUT2D eigenvalue weighted by molar-refractivity contribution is 8.07. The number of ether oxygens (including phenoxy) is 6. The fourth-order valence-electron chi connectivity index (χ4n) is 13.1. The van der Waals surface area contributed by atoms with Gasteiger partial charge in [0.25, 0.3) is 22.9 Å². The third kappa shape index (κ3) is 19.9. The Kier molecular flexibility index (Phi) is 27.9. The van der Waals surface area contributed by atoms with E-state index in [1.807, 2.05) is 19.1 Å². The number of amides is 4. The van der Waals surface area contributed by atoms with Crippen molar-refractivity contribution in [3.8, 4) is 12.1 Å². The van der Waals surface area contributed by atoms with Gasteiger partial charge in [-0.1, -0.05) is 71.0 Å². The van der Waals surface area contributed by atoms with E-state index in [-0.39, 0.29) is 102 Å². The van der Waals surface area contributed by atoms with Gasteiger partial charge in [-0.2, -0.15) is 20.5 Å². The van der Waals surface area contributed by atoms with Gasteiger partial charge in [-0.05, 0) is 54.3 Å². The minimum atomic E-state index is -3.96. The van der Waals surface area contributed by atoms with Crippen LogP contribution in [0.2, 0.25) is 0 Å². The molecule has 0 bridgehead atoms. The summed E-state index contributed by atoms with van der Waals surface area (Å²) in [6.45, 7) is -1.79. The molecule has 4 amide bonds. The summed E-state index contributed by atoms with van der Waals surface area (Å²) in [5.74, 6) is -2.82. The van der Waals surface area contributed by atoms with Gasteiger partial charge in [-0.15, -0.1) is 0 Å². The van der Waals surface area contributed by atoms with Crippen LogP contribution in [0, 0.1) is 34.5 Å². The molecule has 4 aliphatic rings. The largest absolute Gasteiger partial charge is 0.506 e. The van der Waals surface area contributed by atoms with E-state index in [0.29, 0.717) is 28.7 Å². The van der Waals surface area contributed by atoms with Crippen molar-refractivity contribution in [1.29, 1.82) is 10.5 Å². The summed E-state index contributed by atoms with van der Waals surface area (Å²) >= 11 is 11.5. The highest BCUT2D eigenvalue weighted by atomic mass is 32.5. The number of aliphatic hydroxyl groups excluding tert-OH is 1. The molecular weight excluding hydrogens is 1690 g/mol. The van der Waals surface area contributed by atoms with Crippen LogP contribution in [0.3, 0.4) is 0 Å². The first kappa shape index (κ1) is 88.2. The number of nitrogens with zero attached hydrogens (tertiary/aromatic N) is 16. The Hall–Kier alpha value is -11.6. The lowest BCUT2D eigenvalue weighted by atomic mass is 10.1. The van der Waals surface area contributed by atoms with Crippen LogP contribution in [0.15, 0.2) is 108 Å². The lowest BCUT2D eigenvalue weighted by molar-refractivity contribution is -0.119. The maximum Gasteiger partial charge on any atom is 0.506 e. The van der Waals surface area contributed by atoms with Crippen molar-refractivity contribution in [3.63, 3.8) is 0 Å². The number of aromatic amines is 2. The second-order valence-electron chi connectivity index (χ2n) is 27.8. The molecule has 0 spiro atoms. The number of rotatable bonds is 32. The molecule has 0 aliphatic carbocycles. The van der Waals surface area contributed by atoms with Crippen molar-refractivity contribution < 1.29 is 108 Å². The molecule has 12 heterocycles. The topological polar surface area (TPSA) is 584 Å². The van der Waals surface area contributed by atoms with E-state index in [1.165, 1.54) is 25.3 Å². The van der Waals surface area contributed by atoms with E-state index in [4.69, 9.17) is 79.2 Å². The van der Waals surface area contributed by atoms with Crippen LogP contribution in [0.25, 0.3) is 44.7 Å². The highest BCUT2D eigenvalue weighted by Crippen LogP contribution is 2.56. The fourth-order valence-corrected chi connectivity index (χ4v) is 17.3. The zero-order chi connectivity index (χ0) is 86.8. The maximum absolute atomic E-state index is 16.2. The Morgan fingerprint density at radius 2 is 0.943 bits per heavy atom. The monoisotopic (exact) mass is 1770 g/mol. The number of alkyl halides is 2. The van der Waals surface area contributed by atoms with Gasteiger partial charge in [0.1, 0.15) is 43.4 Å². The van der Waals surface area contributed by atoms with Crippen LogP contribution in [0.4, 0.5) is 41.9 Å². The number of nitriles is 2. The normalized spacial score (nSPS) is 23.5. The fraction of sp³-hybridized carbons (Fsp3) is 0.437. The number of carboxylic acid groups (broad SMARTS) is 2. The first-order chi connectivity index (χ1) is 58.6. The predicted molar refractivity (Wildman–Crippen MR) is 423 cm³/mol. The van der Waals surface area contributed by atoms with Crippen LogP contribution >= 0.6 is 13.4 Å². The average molecular weight is 1770 g/mol. The van der Waals surface area contributed by atoms with Crippen LogP contribution in [0.1, 0.15) is 112 Å². The van der Waals surface area contributed by atoms with Crippen LogP contribution in [0.5, 0.6) is 0 Å². The Morgan fingerprint density at radius 1 is 0.549 bits per heavy atom. The van der Waals surface area contributed by atoms with Crippen molar-refractivity contribution in [2.75, 3.05) is 54.3 Å². The van der Waals surface area contributed by atoms with Gasteiger partial charge in [0, 0.05) is 35.8 Å². The number of carbonyl (C=O) groups excluding carboxylic acids is 4. The van der Waals surface area contributed by atoms with Gasteiger partial charge in [-0.25, -0.2) is 58.2 Å². The molecule has 4 fully saturated rings. The number of halogens is 2. The smallest absolute Gasteiger partial charge is 0.450 e. The lowest BCUT2D eigenvalue weighted by Crippen LogP contribution is -2.34. The van der Waals surface area contributed by atoms with Gasteiger partial charge in [0.15, 0.2) is 93.3 Å². The summed E-state index contributed by atoms with van der Waals surface area (Å²) in [5.41, 5.74) is -0.266. The number of aromatic nitrogens is 16. The maximum atomic E-state index is 16.2. The van der Waals surface area contributed by atoms with Crippen LogP contribution < -0.4 is 32.4 Å². The van der Waals surface area contributed by atoms with E-state index in [9.17, 15) is 64.2 Å². The number of H-pyrrole nitrogens is 2. The number of aliphatic hydroxyl groups is 1. The van der Waals surface area contributed by atoms with E-state index in [2.05, 4.69) is 81.1 Å². The molecular formula is C71H76F2N22O23P2S2. The van der Waals surface area contributed by atoms with Gasteiger partial charge >= 0.3 is 25.7 Å². The number of hydrogen-bond acceptors (Lipinski definition) is 35. The van der Waals surface area contributed by atoms with Crippen molar-refractivity contribution in [3.05, 3.63) is 130 Å². The van der Waals surface area contributed by atoms with E-state index < -0.39 is 172 Å².